The number of amides is 1. The molecule has 1 unspecified atom stereocenters. The van der Waals surface area contributed by atoms with Crippen LogP contribution in [0.2, 0.25) is 0 Å². The fourth-order valence-corrected chi connectivity index (χ4v) is 3.14. The van der Waals surface area contributed by atoms with E-state index in [-0.39, 0.29) is 5.69 Å². The molecule has 0 spiro atoms. The van der Waals surface area contributed by atoms with E-state index in [0.29, 0.717) is 5.16 Å². The van der Waals surface area contributed by atoms with Crippen LogP contribution in [0.3, 0.4) is 0 Å². The van der Waals surface area contributed by atoms with Crippen molar-refractivity contribution >= 4 is 23.4 Å². The van der Waals surface area contributed by atoms with Crippen molar-refractivity contribution in [2.45, 2.75) is 30.4 Å². The van der Waals surface area contributed by atoms with E-state index in [2.05, 4.69) is 20.8 Å². The van der Waals surface area contributed by atoms with Crippen LogP contribution in [-0.2, 0) is 11.0 Å². The first kappa shape index (κ1) is 19.9. The van der Waals surface area contributed by atoms with Gasteiger partial charge in [0.25, 0.3) is 0 Å². The minimum absolute atomic E-state index is 0.0744. The van der Waals surface area contributed by atoms with Crippen molar-refractivity contribution in [3.63, 3.8) is 0 Å². The van der Waals surface area contributed by atoms with Gasteiger partial charge < -0.3 is 5.32 Å². The average molecular weight is 407 g/mol. The SMILES string of the molecule is Cc1ccc(-n2nnnc2SC(C)C(=O)Nc2cccc(C(F)(F)F)c2)cc1. The molecule has 1 atom stereocenters. The predicted molar refractivity (Wildman–Crippen MR) is 99.3 cm³/mol. The van der Waals surface area contributed by atoms with Crippen LogP contribution in [0, 0.1) is 6.92 Å². The van der Waals surface area contributed by atoms with Crippen LogP contribution >= 0.6 is 11.8 Å². The van der Waals surface area contributed by atoms with Gasteiger partial charge in [0.15, 0.2) is 0 Å². The van der Waals surface area contributed by atoms with Gasteiger partial charge >= 0.3 is 6.18 Å². The van der Waals surface area contributed by atoms with Gasteiger partial charge in [0, 0.05) is 5.69 Å². The Bertz CT molecular complexity index is 972. The van der Waals surface area contributed by atoms with Crippen LogP contribution < -0.4 is 5.32 Å². The van der Waals surface area contributed by atoms with Crippen LogP contribution in [0.15, 0.2) is 53.7 Å². The summed E-state index contributed by atoms with van der Waals surface area (Å²) in [5.41, 5.74) is 1.07. The molecule has 28 heavy (non-hydrogen) atoms. The number of benzene rings is 2. The molecule has 1 heterocycles. The van der Waals surface area contributed by atoms with E-state index in [1.807, 2.05) is 31.2 Å². The molecule has 0 fully saturated rings. The summed E-state index contributed by atoms with van der Waals surface area (Å²) in [5.74, 6) is -0.456. The molecule has 0 aliphatic heterocycles. The lowest BCUT2D eigenvalue weighted by atomic mass is 10.2. The monoisotopic (exact) mass is 407 g/mol. The second-order valence-corrected chi connectivity index (χ2v) is 7.34. The molecule has 1 amide bonds. The lowest BCUT2D eigenvalue weighted by molar-refractivity contribution is -0.137. The number of tetrazole rings is 1. The zero-order valence-electron chi connectivity index (χ0n) is 14.9. The van der Waals surface area contributed by atoms with Gasteiger partial charge in [-0.15, -0.1) is 5.10 Å². The highest BCUT2D eigenvalue weighted by Crippen LogP contribution is 2.31. The summed E-state index contributed by atoms with van der Waals surface area (Å²) in [6, 6.07) is 12.0. The van der Waals surface area contributed by atoms with Crippen molar-refractivity contribution in [2.24, 2.45) is 0 Å². The average Bonchev–Trinajstić information content (AvgIpc) is 3.10. The molecule has 2 aromatic carbocycles. The number of carbonyl (C=O) groups excluding carboxylic acids is 1. The molecule has 0 bridgehead atoms. The van der Waals surface area contributed by atoms with Crippen LogP contribution in [0.1, 0.15) is 18.1 Å². The summed E-state index contributed by atoms with van der Waals surface area (Å²) in [5, 5.41) is 13.8. The Balaban J connectivity index is 1.71. The molecule has 6 nitrogen and oxygen atoms in total. The topological polar surface area (TPSA) is 72.7 Å². The van der Waals surface area contributed by atoms with Crippen molar-refractivity contribution in [2.75, 3.05) is 5.32 Å². The first-order valence-corrected chi connectivity index (χ1v) is 9.12. The molecular weight excluding hydrogens is 391 g/mol. The second kappa shape index (κ2) is 8.01. The number of halogens is 3. The smallest absolute Gasteiger partial charge is 0.325 e. The van der Waals surface area contributed by atoms with Gasteiger partial charge in [-0.3, -0.25) is 4.79 Å². The van der Waals surface area contributed by atoms with Crippen LogP contribution in [0.5, 0.6) is 0 Å². The van der Waals surface area contributed by atoms with Crippen LogP contribution in [0.25, 0.3) is 5.69 Å². The third kappa shape index (κ3) is 4.69. The molecular formula is C18H16F3N5OS. The quantitative estimate of drug-likeness (QED) is 0.645. The predicted octanol–water partition coefficient (Wildman–Crippen LogP) is 4.11. The van der Waals surface area contributed by atoms with Crippen LogP contribution in [0.4, 0.5) is 18.9 Å². The van der Waals surface area contributed by atoms with E-state index >= 15 is 0 Å². The number of thioether (sulfide) groups is 1. The number of nitrogens with one attached hydrogen (secondary N) is 1. The molecule has 0 saturated carbocycles. The van der Waals surface area contributed by atoms with Gasteiger partial charge in [-0.1, -0.05) is 35.5 Å². The fourth-order valence-electron chi connectivity index (χ4n) is 2.33. The molecule has 146 valence electrons. The highest BCUT2D eigenvalue weighted by Gasteiger charge is 2.30. The van der Waals surface area contributed by atoms with Crippen molar-refractivity contribution < 1.29 is 18.0 Å². The second-order valence-electron chi connectivity index (χ2n) is 6.04. The molecule has 3 aromatic rings. The number of aryl methyl sites for hydroxylation is 1. The molecule has 1 N–H and O–H groups in total. The highest BCUT2D eigenvalue weighted by atomic mass is 32.2. The maximum absolute atomic E-state index is 12.8. The Kier molecular flexibility index (Phi) is 5.68. The molecule has 3 rings (SSSR count). The molecule has 0 radical (unpaired) electrons. The molecule has 1 aromatic heterocycles. The van der Waals surface area contributed by atoms with Gasteiger partial charge in [0.2, 0.25) is 11.1 Å². The van der Waals surface area contributed by atoms with E-state index in [9.17, 15) is 18.0 Å². The number of hydrogen-bond donors (Lipinski definition) is 1. The molecule has 0 aliphatic rings. The minimum atomic E-state index is -4.47. The number of hydrogen-bond acceptors (Lipinski definition) is 5. The fraction of sp³-hybridized carbons (Fsp3) is 0.222. The largest absolute Gasteiger partial charge is 0.416 e. The van der Waals surface area contributed by atoms with Crippen molar-refractivity contribution in [3.8, 4) is 5.69 Å². The number of rotatable bonds is 5. The minimum Gasteiger partial charge on any atom is -0.325 e. The molecule has 0 aliphatic carbocycles. The molecule has 0 saturated heterocycles. The van der Waals surface area contributed by atoms with Gasteiger partial charge in [-0.2, -0.15) is 17.9 Å². The first-order chi connectivity index (χ1) is 13.2. The third-order valence-corrected chi connectivity index (χ3v) is 4.86. The van der Waals surface area contributed by atoms with Crippen molar-refractivity contribution in [1.29, 1.82) is 0 Å². The summed E-state index contributed by atoms with van der Waals surface area (Å²) >= 11 is 1.11. The Morgan fingerprint density at radius 2 is 1.89 bits per heavy atom. The maximum atomic E-state index is 12.8. The molecule has 10 heteroatoms. The summed E-state index contributed by atoms with van der Waals surface area (Å²) in [4.78, 5) is 12.4. The standard InChI is InChI=1S/C18H16F3N5OS/c1-11-6-8-15(9-7-11)26-17(23-24-25-26)28-12(2)16(27)22-14-5-3-4-13(10-14)18(19,20)21/h3-10,12H,1-2H3,(H,22,27). The number of aromatic nitrogens is 4. The van der Waals surface area contributed by atoms with Gasteiger partial charge in [-0.05, 0) is 54.6 Å². The van der Waals surface area contributed by atoms with E-state index in [1.54, 1.807) is 6.92 Å². The summed E-state index contributed by atoms with van der Waals surface area (Å²) in [6.07, 6.45) is -4.47. The zero-order valence-corrected chi connectivity index (χ0v) is 15.8. The van der Waals surface area contributed by atoms with E-state index in [0.717, 1.165) is 35.1 Å². The van der Waals surface area contributed by atoms with Gasteiger partial charge in [-0.25, -0.2) is 0 Å². The zero-order chi connectivity index (χ0) is 20.3. The van der Waals surface area contributed by atoms with E-state index in [1.165, 1.54) is 16.8 Å². The third-order valence-electron chi connectivity index (χ3n) is 3.83. The normalized spacial score (nSPS) is 12.6. The van der Waals surface area contributed by atoms with Gasteiger partial charge in [0.05, 0.1) is 16.5 Å². The van der Waals surface area contributed by atoms with Crippen LogP contribution in [-0.4, -0.2) is 31.4 Å². The Morgan fingerprint density at radius 3 is 2.57 bits per heavy atom. The summed E-state index contributed by atoms with van der Waals surface area (Å²) < 4.78 is 39.9. The number of nitrogens with zero attached hydrogens (tertiary/aromatic N) is 4. The van der Waals surface area contributed by atoms with Crippen molar-refractivity contribution in [3.05, 3.63) is 59.7 Å². The number of alkyl halides is 3. The lowest BCUT2D eigenvalue weighted by Crippen LogP contribution is -2.23. The Hall–Kier alpha value is -2.88. The maximum Gasteiger partial charge on any atom is 0.416 e. The summed E-state index contributed by atoms with van der Waals surface area (Å²) in [6.45, 7) is 3.58. The van der Waals surface area contributed by atoms with E-state index < -0.39 is 22.9 Å². The summed E-state index contributed by atoms with van der Waals surface area (Å²) in [7, 11) is 0. The number of anilines is 1. The van der Waals surface area contributed by atoms with E-state index in [4.69, 9.17) is 0 Å². The van der Waals surface area contributed by atoms with Gasteiger partial charge in [0.1, 0.15) is 0 Å². The Morgan fingerprint density at radius 1 is 1.18 bits per heavy atom. The first-order valence-electron chi connectivity index (χ1n) is 8.24. The number of carbonyl (C=O) groups is 1. The Labute approximate surface area is 163 Å². The lowest BCUT2D eigenvalue weighted by Gasteiger charge is -2.13. The highest BCUT2D eigenvalue weighted by molar-refractivity contribution is 8.00. The van der Waals surface area contributed by atoms with Crippen molar-refractivity contribution in [1.82, 2.24) is 20.2 Å².